The fourth-order valence-corrected chi connectivity index (χ4v) is 3.23. The van der Waals surface area contributed by atoms with Crippen LogP contribution in [0.25, 0.3) is 0 Å². The average molecular weight is 195 g/mol. The van der Waals surface area contributed by atoms with Crippen LogP contribution in [0.15, 0.2) is 0 Å². The maximum absolute atomic E-state index is 6.11. The Morgan fingerprint density at radius 2 is 2.00 bits per heavy atom. The Bertz CT molecular complexity index is 206. The lowest BCUT2D eigenvalue weighted by atomic mass is 9.87. The molecule has 0 aromatic heterocycles. The Morgan fingerprint density at radius 1 is 1.21 bits per heavy atom. The van der Waals surface area contributed by atoms with Crippen molar-refractivity contribution in [3.05, 3.63) is 0 Å². The van der Waals surface area contributed by atoms with Gasteiger partial charge in [0.25, 0.3) is 0 Å². The largest absolute Gasteiger partial charge is 0.372 e. The Labute approximate surface area is 86.4 Å². The number of ether oxygens (including phenoxy) is 1. The smallest absolute Gasteiger partial charge is 0.0835 e. The van der Waals surface area contributed by atoms with E-state index in [0.717, 1.165) is 19.1 Å². The van der Waals surface area contributed by atoms with E-state index >= 15 is 0 Å². The molecule has 2 saturated carbocycles. The first kappa shape index (κ1) is 9.17. The highest BCUT2D eigenvalue weighted by Crippen LogP contribution is 2.43. The van der Waals surface area contributed by atoms with Crippen molar-refractivity contribution >= 4 is 0 Å². The maximum Gasteiger partial charge on any atom is 0.0835 e. The van der Waals surface area contributed by atoms with Gasteiger partial charge < -0.3 is 10.1 Å². The predicted octanol–water partition coefficient (Wildman–Crippen LogP) is 2.09. The number of rotatable bonds is 2. The summed E-state index contributed by atoms with van der Waals surface area (Å²) >= 11 is 0. The summed E-state index contributed by atoms with van der Waals surface area (Å²) in [5, 5.41) is 3.70. The van der Waals surface area contributed by atoms with Crippen molar-refractivity contribution in [2.45, 2.75) is 56.6 Å². The fourth-order valence-electron chi connectivity index (χ4n) is 3.23. The van der Waals surface area contributed by atoms with Crippen molar-refractivity contribution < 1.29 is 4.74 Å². The minimum atomic E-state index is 0.251. The second kappa shape index (κ2) is 3.49. The van der Waals surface area contributed by atoms with Crippen molar-refractivity contribution in [2.24, 2.45) is 5.92 Å². The van der Waals surface area contributed by atoms with Crippen LogP contribution >= 0.6 is 0 Å². The number of morpholine rings is 1. The van der Waals surface area contributed by atoms with E-state index in [2.05, 4.69) is 5.32 Å². The molecule has 2 heteroatoms. The van der Waals surface area contributed by atoms with E-state index in [9.17, 15) is 0 Å². The van der Waals surface area contributed by atoms with Gasteiger partial charge in [-0.2, -0.15) is 0 Å². The summed E-state index contributed by atoms with van der Waals surface area (Å²) in [6.07, 6.45) is 9.67. The van der Waals surface area contributed by atoms with E-state index in [1.165, 1.54) is 44.9 Å². The fraction of sp³-hybridized carbons (Fsp3) is 1.00. The van der Waals surface area contributed by atoms with Gasteiger partial charge in [-0.25, -0.2) is 0 Å². The van der Waals surface area contributed by atoms with E-state index < -0.39 is 0 Å². The standard InChI is InChI=1S/C12H21NO/c1-2-6-12(5-1)11(9-10-3-4-10)13-7-8-14-12/h10-11,13H,1-9H2. The first-order valence-corrected chi connectivity index (χ1v) is 6.26. The first-order chi connectivity index (χ1) is 6.89. The molecule has 1 spiro atoms. The molecular weight excluding hydrogens is 174 g/mol. The second-order valence-corrected chi connectivity index (χ2v) is 5.31. The number of hydrogen-bond acceptors (Lipinski definition) is 2. The monoisotopic (exact) mass is 195 g/mol. The quantitative estimate of drug-likeness (QED) is 0.728. The highest BCUT2D eigenvalue weighted by Gasteiger charge is 2.45. The summed E-state index contributed by atoms with van der Waals surface area (Å²) in [5.41, 5.74) is 0.251. The van der Waals surface area contributed by atoms with Crippen LogP contribution in [0.3, 0.4) is 0 Å². The van der Waals surface area contributed by atoms with E-state index in [-0.39, 0.29) is 5.60 Å². The maximum atomic E-state index is 6.11. The van der Waals surface area contributed by atoms with Gasteiger partial charge in [0.15, 0.2) is 0 Å². The molecule has 14 heavy (non-hydrogen) atoms. The van der Waals surface area contributed by atoms with Gasteiger partial charge in [-0.05, 0) is 25.2 Å². The molecular formula is C12H21NO. The van der Waals surface area contributed by atoms with Crippen LogP contribution in [0.1, 0.15) is 44.9 Å². The average Bonchev–Trinajstić information content (AvgIpc) is 2.90. The molecule has 1 aliphatic heterocycles. The van der Waals surface area contributed by atoms with Crippen LogP contribution < -0.4 is 5.32 Å². The highest BCUT2D eigenvalue weighted by atomic mass is 16.5. The topological polar surface area (TPSA) is 21.3 Å². The van der Waals surface area contributed by atoms with Crippen LogP contribution in [0.5, 0.6) is 0 Å². The zero-order valence-electron chi connectivity index (χ0n) is 8.93. The van der Waals surface area contributed by atoms with Crippen LogP contribution in [0.2, 0.25) is 0 Å². The summed E-state index contributed by atoms with van der Waals surface area (Å²) in [6.45, 7) is 2.00. The molecule has 1 saturated heterocycles. The van der Waals surface area contributed by atoms with Crippen LogP contribution in [0.4, 0.5) is 0 Å². The second-order valence-electron chi connectivity index (χ2n) is 5.31. The third kappa shape index (κ3) is 1.59. The van der Waals surface area contributed by atoms with Crippen molar-refractivity contribution in [1.82, 2.24) is 5.32 Å². The van der Waals surface area contributed by atoms with Gasteiger partial charge in [-0.15, -0.1) is 0 Å². The molecule has 3 fully saturated rings. The summed E-state index contributed by atoms with van der Waals surface area (Å²) in [6, 6.07) is 0.672. The number of nitrogens with one attached hydrogen (secondary N) is 1. The highest BCUT2D eigenvalue weighted by molar-refractivity contribution is 5.01. The van der Waals surface area contributed by atoms with E-state index in [1.54, 1.807) is 0 Å². The zero-order chi connectivity index (χ0) is 9.43. The van der Waals surface area contributed by atoms with Gasteiger partial charge in [0.05, 0.1) is 12.2 Å². The first-order valence-electron chi connectivity index (χ1n) is 6.26. The van der Waals surface area contributed by atoms with E-state index in [4.69, 9.17) is 4.74 Å². The Hall–Kier alpha value is -0.0800. The van der Waals surface area contributed by atoms with E-state index in [0.29, 0.717) is 6.04 Å². The molecule has 1 heterocycles. The SMILES string of the molecule is C1CCC2(C1)OCCNC2CC1CC1. The molecule has 0 aromatic rings. The summed E-state index contributed by atoms with van der Waals surface area (Å²) in [7, 11) is 0. The van der Waals surface area contributed by atoms with Gasteiger partial charge in [-0.3, -0.25) is 0 Å². The van der Waals surface area contributed by atoms with Crippen molar-refractivity contribution in [3.63, 3.8) is 0 Å². The van der Waals surface area contributed by atoms with Crippen molar-refractivity contribution in [2.75, 3.05) is 13.2 Å². The van der Waals surface area contributed by atoms with Crippen molar-refractivity contribution in [1.29, 1.82) is 0 Å². The molecule has 1 unspecified atom stereocenters. The lowest BCUT2D eigenvalue weighted by molar-refractivity contribution is -0.0948. The zero-order valence-corrected chi connectivity index (χ0v) is 8.93. The third-order valence-corrected chi connectivity index (χ3v) is 4.23. The van der Waals surface area contributed by atoms with Crippen LogP contribution in [-0.2, 0) is 4.74 Å². The molecule has 80 valence electrons. The van der Waals surface area contributed by atoms with Gasteiger partial charge in [-0.1, -0.05) is 25.7 Å². The molecule has 3 aliphatic rings. The molecule has 2 nitrogen and oxygen atoms in total. The Balaban J connectivity index is 1.70. The van der Waals surface area contributed by atoms with Gasteiger partial charge in [0.1, 0.15) is 0 Å². The molecule has 1 atom stereocenters. The molecule has 0 bridgehead atoms. The predicted molar refractivity (Wildman–Crippen MR) is 56.3 cm³/mol. The molecule has 1 N–H and O–H groups in total. The molecule has 3 rings (SSSR count). The van der Waals surface area contributed by atoms with Crippen LogP contribution in [0, 0.1) is 5.92 Å². The molecule has 0 amide bonds. The van der Waals surface area contributed by atoms with Gasteiger partial charge in [0, 0.05) is 12.6 Å². The summed E-state index contributed by atoms with van der Waals surface area (Å²) in [4.78, 5) is 0. The third-order valence-electron chi connectivity index (χ3n) is 4.23. The molecule has 0 radical (unpaired) electrons. The number of hydrogen-bond donors (Lipinski definition) is 1. The lowest BCUT2D eigenvalue weighted by Gasteiger charge is -2.42. The van der Waals surface area contributed by atoms with Gasteiger partial charge >= 0.3 is 0 Å². The van der Waals surface area contributed by atoms with Gasteiger partial charge in [0.2, 0.25) is 0 Å². The Morgan fingerprint density at radius 3 is 2.71 bits per heavy atom. The van der Waals surface area contributed by atoms with Crippen molar-refractivity contribution in [3.8, 4) is 0 Å². The minimum absolute atomic E-state index is 0.251. The lowest BCUT2D eigenvalue weighted by Crippen LogP contribution is -2.56. The molecule has 0 aromatic carbocycles. The normalized spacial score (nSPS) is 36.4. The Kier molecular flexibility index (Phi) is 2.29. The minimum Gasteiger partial charge on any atom is -0.372 e. The van der Waals surface area contributed by atoms with E-state index in [1.807, 2.05) is 0 Å². The summed E-state index contributed by atoms with van der Waals surface area (Å²) in [5.74, 6) is 1.02. The summed E-state index contributed by atoms with van der Waals surface area (Å²) < 4.78 is 6.11. The molecule has 2 aliphatic carbocycles. The van der Waals surface area contributed by atoms with Crippen LogP contribution in [-0.4, -0.2) is 24.8 Å².